The Bertz CT molecular complexity index is 818. The molecule has 2 rings (SSSR count). The summed E-state index contributed by atoms with van der Waals surface area (Å²) >= 11 is 5.53. The SMILES string of the molecule is CC.CCCCCCCC(=S)NC(c1cccc2ccccc12)C(C)OP(=O)(O)O. The Hall–Kier alpha value is -1.30. The summed E-state index contributed by atoms with van der Waals surface area (Å²) < 4.78 is 16.4. The van der Waals surface area contributed by atoms with E-state index in [9.17, 15) is 14.4 Å². The minimum absolute atomic E-state index is 0.457. The molecule has 2 aromatic rings. The minimum Gasteiger partial charge on any atom is -0.370 e. The van der Waals surface area contributed by atoms with Gasteiger partial charge in [0, 0.05) is 0 Å². The zero-order chi connectivity index (χ0) is 22.6. The van der Waals surface area contributed by atoms with Crippen LogP contribution in [-0.4, -0.2) is 20.9 Å². The summed E-state index contributed by atoms with van der Waals surface area (Å²) in [6, 6.07) is 13.4. The van der Waals surface area contributed by atoms with Gasteiger partial charge in [-0.1, -0.05) is 101 Å². The molecule has 30 heavy (non-hydrogen) atoms. The normalized spacial score (nSPS) is 13.3. The van der Waals surface area contributed by atoms with E-state index < -0.39 is 20.0 Å². The van der Waals surface area contributed by atoms with E-state index in [2.05, 4.69) is 12.2 Å². The van der Waals surface area contributed by atoms with E-state index in [0.717, 1.165) is 35.6 Å². The molecule has 0 aliphatic heterocycles. The van der Waals surface area contributed by atoms with Crippen molar-refractivity contribution in [3.05, 3.63) is 48.0 Å². The second kappa shape index (κ2) is 13.9. The molecule has 3 N–H and O–H groups in total. The van der Waals surface area contributed by atoms with Gasteiger partial charge in [-0.05, 0) is 36.1 Å². The average Bonchev–Trinajstić information content (AvgIpc) is 2.72. The van der Waals surface area contributed by atoms with Crippen LogP contribution in [0.15, 0.2) is 42.5 Å². The van der Waals surface area contributed by atoms with E-state index in [4.69, 9.17) is 16.7 Å². The number of unbranched alkanes of at least 4 members (excludes halogenated alkanes) is 4. The van der Waals surface area contributed by atoms with Crippen molar-refractivity contribution < 1.29 is 18.9 Å². The quantitative estimate of drug-likeness (QED) is 0.200. The molecule has 0 spiro atoms. The van der Waals surface area contributed by atoms with Crippen molar-refractivity contribution in [3.63, 3.8) is 0 Å². The maximum atomic E-state index is 11.4. The molecule has 5 nitrogen and oxygen atoms in total. The fraction of sp³-hybridized carbons (Fsp3) is 0.522. The molecule has 0 aliphatic carbocycles. The standard InChI is InChI=1S/C21H30NO4PS.C2H6/c1-3-4-5-6-7-15-20(28)22-21(16(2)26-27(23,24)25)19-14-10-12-17-11-8-9-13-18(17)19;1-2/h8-14,16,21H,3-7,15H2,1-2H3,(H,22,28)(H2,23,24,25);1-2H3. The molecule has 0 saturated heterocycles. The number of benzene rings is 2. The molecular formula is C23H36NO4PS. The molecule has 7 heteroatoms. The summed E-state index contributed by atoms with van der Waals surface area (Å²) in [5.74, 6) is 0. The minimum atomic E-state index is -4.62. The fourth-order valence-corrected chi connectivity index (χ4v) is 4.21. The highest BCUT2D eigenvalue weighted by molar-refractivity contribution is 7.80. The molecule has 0 amide bonds. The summed E-state index contributed by atoms with van der Waals surface area (Å²) in [4.78, 5) is 19.3. The van der Waals surface area contributed by atoms with Gasteiger partial charge < -0.3 is 15.1 Å². The van der Waals surface area contributed by atoms with Crippen LogP contribution in [0.3, 0.4) is 0 Å². The highest BCUT2D eigenvalue weighted by Crippen LogP contribution is 2.41. The number of phosphoric acid groups is 1. The van der Waals surface area contributed by atoms with Gasteiger partial charge in [-0.2, -0.15) is 0 Å². The maximum Gasteiger partial charge on any atom is 0.469 e. The molecule has 2 unspecified atom stereocenters. The lowest BCUT2D eigenvalue weighted by atomic mass is 9.95. The van der Waals surface area contributed by atoms with Gasteiger partial charge >= 0.3 is 7.82 Å². The van der Waals surface area contributed by atoms with Crippen molar-refractivity contribution >= 4 is 35.8 Å². The zero-order valence-electron chi connectivity index (χ0n) is 18.5. The van der Waals surface area contributed by atoms with Crippen molar-refractivity contribution in [2.24, 2.45) is 0 Å². The first-order valence-corrected chi connectivity index (χ1v) is 12.8. The lowest BCUT2D eigenvalue weighted by Gasteiger charge is -2.28. The molecule has 0 fully saturated rings. The van der Waals surface area contributed by atoms with Crippen molar-refractivity contribution in [2.45, 2.75) is 78.4 Å². The second-order valence-electron chi connectivity index (χ2n) is 7.08. The van der Waals surface area contributed by atoms with Gasteiger partial charge in [0.1, 0.15) is 0 Å². The fourth-order valence-electron chi connectivity index (χ4n) is 3.38. The molecule has 0 heterocycles. The van der Waals surface area contributed by atoms with Crippen LogP contribution in [-0.2, 0) is 9.09 Å². The van der Waals surface area contributed by atoms with E-state index >= 15 is 0 Å². The summed E-state index contributed by atoms with van der Waals surface area (Å²) in [5, 5.41) is 5.37. The summed E-state index contributed by atoms with van der Waals surface area (Å²) in [6.45, 7) is 7.84. The van der Waals surface area contributed by atoms with Crippen LogP contribution in [0, 0.1) is 0 Å². The first-order chi connectivity index (χ1) is 14.3. The Morgan fingerprint density at radius 1 is 1.07 bits per heavy atom. The topological polar surface area (TPSA) is 78.8 Å². The van der Waals surface area contributed by atoms with Crippen molar-refractivity contribution in [1.82, 2.24) is 5.32 Å². The van der Waals surface area contributed by atoms with Crippen LogP contribution >= 0.6 is 20.0 Å². The second-order valence-corrected chi connectivity index (χ2v) is 8.76. The molecule has 0 aromatic heterocycles. The molecule has 0 aliphatic rings. The number of rotatable bonds is 11. The van der Waals surface area contributed by atoms with E-state index in [1.807, 2.05) is 56.3 Å². The first-order valence-electron chi connectivity index (χ1n) is 10.8. The third-order valence-corrected chi connectivity index (χ3v) is 5.68. The van der Waals surface area contributed by atoms with Gasteiger partial charge in [-0.15, -0.1) is 0 Å². The molecule has 168 valence electrons. The molecule has 2 atom stereocenters. The predicted molar refractivity (Wildman–Crippen MR) is 130 cm³/mol. The Kier molecular flexibility index (Phi) is 12.4. The monoisotopic (exact) mass is 453 g/mol. The van der Waals surface area contributed by atoms with Gasteiger partial charge in [0.2, 0.25) is 0 Å². The van der Waals surface area contributed by atoms with E-state index in [1.54, 1.807) is 6.92 Å². The van der Waals surface area contributed by atoms with E-state index in [-0.39, 0.29) is 0 Å². The largest absolute Gasteiger partial charge is 0.469 e. The maximum absolute atomic E-state index is 11.4. The summed E-state index contributed by atoms with van der Waals surface area (Å²) in [6.07, 6.45) is 5.75. The van der Waals surface area contributed by atoms with Gasteiger partial charge in [-0.25, -0.2) is 4.57 Å². The predicted octanol–water partition coefficient (Wildman–Crippen LogP) is 6.68. The summed E-state index contributed by atoms with van der Waals surface area (Å²) in [5.41, 5.74) is 0.910. The first kappa shape index (κ1) is 26.7. The zero-order valence-corrected chi connectivity index (χ0v) is 20.2. The third-order valence-electron chi connectivity index (χ3n) is 4.76. The Balaban J connectivity index is 0.00000218. The third kappa shape index (κ3) is 9.23. The van der Waals surface area contributed by atoms with Crippen LogP contribution in [0.2, 0.25) is 0 Å². The highest BCUT2D eigenvalue weighted by Gasteiger charge is 2.28. The molecule has 2 aromatic carbocycles. The summed E-state index contributed by atoms with van der Waals surface area (Å²) in [7, 11) is -4.62. The van der Waals surface area contributed by atoms with Crippen molar-refractivity contribution in [1.29, 1.82) is 0 Å². The number of phosphoric ester groups is 1. The van der Waals surface area contributed by atoms with E-state index in [1.165, 1.54) is 19.3 Å². The smallest absolute Gasteiger partial charge is 0.370 e. The Morgan fingerprint density at radius 3 is 2.37 bits per heavy atom. The highest BCUT2D eigenvalue weighted by atomic mass is 32.1. The van der Waals surface area contributed by atoms with Crippen LogP contribution in [0.4, 0.5) is 0 Å². The van der Waals surface area contributed by atoms with Crippen LogP contribution < -0.4 is 5.32 Å². The average molecular weight is 454 g/mol. The lowest BCUT2D eigenvalue weighted by molar-refractivity contribution is 0.121. The number of nitrogens with one attached hydrogen (secondary N) is 1. The van der Waals surface area contributed by atoms with Crippen LogP contribution in [0.1, 0.15) is 77.8 Å². The van der Waals surface area contributed by atoms with Gasteiger partial charge in [0.25, 0.3) is 0 Å². The van der Waals surface area contributed by atoms with Crippen molar-refractivity contribution in [2.75, 3.05) is 0 Å². The van der Waals surface area contributed by atoms with Crippen LogP contribution in [0.25, 0.3) is 10.8 Å². The lowest BCUT2D eigenvalue weighted by Crippen LogP contribution is -2.35. The Morgan fingerprint density at radius 2 is 1.70 bits per heavy atom. The molecular weight excluding hydrogens is 417 g/mol. The number of hydrogen-bond acceptors (Lipinski definition) is 3. The van der Waals surface area contributed by atoms with E-state index in [0.29, 0.717) is 4.99 Å². The van der Waals surface area contributed by atoms with Crippen LogP contribution in [0.5, 0.6) is 0 Å². The number of thiocarbonyl (C=S) groups is 1. The van der Waals surface area contributed by atoms with Gasteiger partial charge in [-0.3, -0.25) is 4.52 Å². The molecule has 0 radical (unpaired) electrons. The molecule has 0 saturated carbocycles. The van der Waals surface area contributed by atoms with Gasteiger partial charge in [0.05, 0.1) is 17.1 Å². The Labute approximate surface area is 186 Å². The van der Waals surface area contributed by atoms with Gasteiger partial charge in [0.15, 0.2) is 0 Å². The van der Waals surface area contributed by atoms with Crippen molar-refractivity contribution in [3.8, 4) is 0 Å². The number of hydrogen-bond donors (Lipinski definition) is 3. The number of fused-ring (bicyclic) bond motifs is 1. The molecule has 0 bridgehead atoms.